The molecule has 0 aromatic heterocycles. The minimum atomic E-state index is 0.761. The van der Waals surface area contributed by atoms with Crippen molar-refractivity contribution in [3.05, 3.63) is 29.8 Å². The van der Waals surface area contributed by atoms with Crippen molar-refractivity contribution in [2.75, 3.05) is 45.1 Å². The fourth-order valence-corrected chi connectivity index (χ4v) is 3.00. The zero-order chi connectivity index (χ0) is 14.4. The largest absolute Gasteiger partial charge is 0.384 e. The van der Waals surface area contributed by atoms with Crippen LogP contribution in [0.1, 0.15) is 25.3 Å². The van der Waals surface area contributed by atoms with Gasteiger partial charge < -0.3 is 15.1 Å². The van der Waals surface area contributed by atoms with E-state index in [-0.39, 0.29) is 0 Å². The van der Waals surface area contributed by atoms with Crippen LogP contribution in [0.5, 0.6) is 0 Å². The van der Waals surface area contributed by atoms with Gasteiger partial charge in [-0.25, -0.2) is 0 Å². The van der Waals surface area contributed by atoms with E-state index in [1.54, 1.807) is 0 Å². The highest BCUT2D eigenvalue weighted by molar-refractivity contribution is 5.50. The Morgan fingerprint density at radius 2 is 1.95 bits per heavy atom. The second-order valence-electron chi connectivity index (χ2n) is 5.89. The topological polar surface area (TPSA) is 18.5 Å². The van der Waals surface area contributed by atoms with Crippen LogP contribution in [-0.2, 0) is 0 Å². The molecule has 20 heavy (non-hydrogen) atoms. The number of hydrogen-bond acceptors (Lipinski definition) is 3. The molecule has 1 aromatic rings. The van der Waals surface area contributed by atoms with Crippen molar-refractivity contribution in [2.24, 2.45) is 0 Å². The van der Waals surface area contributed by atoms with Gasteiger partial charge in [0.05, 0.1) is 0 Å². The first-order valence-electron chi connectivity index (χ1n) is 7.92. The average molecular weight is 275 g/mol. The van der Waals surface area contributed by atoms with Crippen molar-refractivity contribution in [3.8, 4) is 0 Å². The maximum absolute atomic E-state index is 3.55. The van der Waals surface area contributed by atoms with E-state index >= 15 is 0 Å². The Bertz CT molecular complexity index is 397. The van der Waals surface area contributed by atoms with Crippen molar-refractivity contribution in [2.45, 2.75) is 32.7 Å². The van der Waals surface area contributed by atoms with Gasteiger partial charge in [-0.05, 0) is 58.1 Å². The Balaban J connectivity index is 1.70. The molecule has 3 nitrogen and oxygen atoms in total. The summed E-state index contributed by atoms with van der Waals surface area (Å²) < 4.78 is 0. The van der Waals surface area contributed by atoms with Crippen molar-refractivity contribution in [1.29, 1.82) is 0 Å². The lowest BCUT2D eigenvalue weighted by atomic mass is 10.0. The van der Waals surface area contributed by atoms with E-state index in [9.17, 15) is 0 Å². The zero-order valence-electron chi connectivity index (χ0n) is 13.2. The van der Waals surface area contributed by atoms with Gasteiger partial charge in [-0.2, -0.15) is 0 Å². The fourth-order valence-electron chi connectivity index (χ4n) is 3.00. The summed E-state index contributed by atoms with van der Waals surface area (Å²) >= 11 is 0. The van der Waals surface area contributed by atoms with Crippen LogP contribution in [0.15, 0.2) is 24.3 Å². The molecule has 0 aliphatic carbocycles. The molecule has 112 valence electrons. The second-order valence-corrected chi connectivity index (χ2v) is 5.89. The van der Waals surface area contributed by atoms with Gasteiger partial charge in [-0.1, -0.05) is 25.1 Å². The van der Waals surface area contributed by atoms with Gasteiger partial charge >= 0.3 is 0 Å². The van der Waals surface area contributed by atoms with Gasteiger partial charge in [-0.15, -0.1) is 0 Å². The molecule has 0 radical (unpaired) electrons. The van der Waals surface area contributed by atoms with Gasteiger partial charge in [0.25, 0.3) is 0 Å². The van der Waals surface area contributed by atoms with Crippen molar-refractivity contribution in [1.82, 2.24) is 9.80 Å². The number of likely N-dealkylation sites (N-methyl/N-ethyl adjacent to an activating group) is 1. The maximum atomic E-state index is 3.55. The lowest BCUT2D eigenvalue weighted by Gasteiger charge is -2.36. The van der Waals surface area contributed by atoms with E-state index in [4.69, 9.17) is 0 Å². The molecule has 2 rings (SSSR count). The third-order valence-corrected chi connectivity index (χ3v) is 4.55. The van der Waals surface area contributed by atoms with Crippen LogP contribution in [0.3, 0.4) is 0 Å². The van der Waals surface area contributed by atoms with Crippen LogP contribution in [0, 0.1) is 6.92 Å². The van der Waals surface area contributed by atoms with Crippen molar-refractivity contribution in [3.63, 3.8) is 0 Å². The summed E-state index contributed by atoms with van der Waals surface area (Å²) in [6.45, 7) is 10.3. The predicted octanol–water partition coefficient (Wildman–Crippen LogP) is 2.82. The van der Waals surface area contributed by atoms with Crippen LogP contribution < -0.4 is 5.32 Å². The Kier molecular flexibility index (Phi) is 5.86. The molecule has 1 aromatic carbocycles. The second kappa shape index (κ2) is 7.65. The summed E-state index contributed by atoms with van der Waals surface area (Å²) in [6.07, 6.45) is 2.63. The molecule has 0 saturated carbocycles. The smallest absolute Gasteiger partial charge is 0.0370 e. The summed E-state index contributed by atoms with van der Waals surface area (Å²) in [5.74, 6) is 0. The Labute approximate surface area is 124 Å². The van der Waals surface area contributed by atoms with Crippen LogP contribution in [0.25, 0.3) is 0 Å². The monoisotopic (exact) mass is 275 g/mol. The summed E-state index contributed by atoms with van der Waals surface area (Å²) in [6, 6.07) is 9.27. The molecule has 1 fully saturated rings. The van der Waals surface area contributed by atoms with E-state index in [0.29, 0.717) is 0 Å². The number of benzene rings is 1. The van der Waals surface area contributed by atoms with Gasteiger partial charge in [0.15, 0.2) is 0 Å². The van der Waals surface area contributed by atoms with Crippen LogP contribution in [-0.4, -0.2) is 55.6 Å². The molecule has 0 atom stereocenters. The number of nitrogens with one attached hydrogen (secondary N) is 1. The third kappa shape index (κ3) is 4.22. The standard InChI is InChI=1S/C17H29N3/c1-4-20-12-9-16(10-13-20)19(3)14-11-18-17-8-6-5-7-15(17)2/h5-8,16,18H,4,9-14H2,1-3H3. The summed E-state index contributed by atoms with van der Waals surface area (Å²) in [5, 5.41) is 3.55. The molecule has 1 heterocycles. The Morgan fingerprint density at radius 3 is 2.60 bits per heavy atom. The minimum Gasteiger partial charge on any atom is -0.384 e. The lowest BCUT2D eigenvalue weighted by molar-refractivity contribution is 0.135. The first-order valence-corrected chi connectivity index (χ1v) is 7.92. The van der Waals surface area contributed by atoms with Crippen LogP contribution >= 0.6 is 0 Å². The van der Waals surface area contributed by atoms with Crippen LogP contribution in [0.4, 0.5) is 5.69 Å². The highest BCUT2D eigenvalue weighted by Gasteiger charge is 2.20. The van der Waals surface area contributed by atoms with Gasteiger partial charge in [-0.3, -0.25) is 0 Å². The van der Waals surface area contributed by atoms with Gasteiger partial charge in [0.1, 0.15) is 0 Å². The average Bonchev–Trinajstić information content (AvgIpc) is 2.49. The first-order chi connectivity index (χ1) is 9.70. The van der Waals surface area contributed by atoms with E-state index in [1.807, 2.05) is 0 Å². The normalized spacial score (nSPS) is 17.6. The molecule has 1 saturated heterocycles. The first kappa shape index (κ1) is 15.3. The molecule has 1 N–H and O–H groups in total. The molecule has 0 bridgehead atoms. The molecular weight excluding hydrogens is 246 g/mol. The molecule has 1 aliphatic rings. The SMILES string of the molecule is CCN1CCC(N(C)CCNc2ccccc2C)CC1. The number of hydrogen-bond donors (Lipinski definition) is 1. The molecule has 1 aliphatic heterocycles. The Morgan fingerprint density at radius 1 is 1.25 bits per heavy atom. The fraction of sp³-hybridized carbons (Fsp3) is 0.647. The molecule has 3 heteroatoms. The number of para-hydroxylation sites is 1. The van der Waals surface area contributed by atoms with Crippen molar-refractivity contribution >= 4 is 5.69 Å². The number of aryl methyl sites for hydroxylation is 1. The quantitative estimate of drug-likeness (QED) is 0.861. The van der Waals surface area contributed by atoms with E-state index in [0.717, 1.165) is 19.1 Å². The zero-order valence-corrected chi connectivity index (χ0v) is 13.2. The maximum Gasteiger partial charge on any atom is 0.0370 e. The lowest BCUT2D eigenvalue weighted by Crippen LogP contribution is -2.44. The third-order valence-electron chi connectivity index (χ3n) is 4.55. The van der Waals surface area contributed by atoms with Gasteiger partial charge in [0, 0.05) is 24.8 Å². The summed E-state index contributed by atoms with van der Waals surface area (Å²) in [5.41, 5.74) is 2.59. The molecule has 0 amide bonds. The molecule has 0 unspecified atom stereocenters. The van der Waals surface area contributed by atoms with Crippen LogP contribution in [0.2, 0.25) is 0 Å². The van der Waals surface area contributed by atoms with E-state index in [1.165, 1.54) is 43.7 Å². The van der Waals surface area contributed by atoms with Gasteiger partial charge in [0.2, 0.25) is 0 Å². The highest BCUT2D eigenvalue weighted by atomic mass is 15.2. The van der Waals surface area contributed by atoms with Crippen molar-refractivity contribution < 1.29 is 0 Å². The number of anilines is 1. The summed E-state index contributed by atoms with van der Waals surface area (Å²) in [4.78, 5) is 5.08. The predicted molar refractivity (Wildman–Crippen MR) is 87.4 cm³/mol. The number of rotatable bonds is 6. The number of likely N-dealkylation sites (tertiary alicyclic amines) is 1. The molecule has 0 spiro atoms. The minimum absolute atomic E-state index is 0.761. The highest BCUT2D eigenvalue weighted by Crippen LogP contribution is 2.16. The Hall–Kier alpha value is -1.06. The van der Waals surface area contributed by atoms with E-state index < -0.39 is 0 Å². The number of piperidine rings is 1. The van der Waals surface area contributed by atoms with E-state index in [2.05, 4.69) is 60.3 Å². The number of nitrogens with zero attached hydrogens (tertiary/aromatic N) is 2. The summed E-state index contributed by atoms with van der Waals surface area (Å²) in [7, 11) is 2.27. The molecular formula is C17H29N3.